The van der Waals surface area contributed by atoms with Crippen LogP contribution in [0.3, 0.4) is 0 Å². The fraction of sp³-hybridized carbons (Fsp3) is 0.235. The van der Waals surface area contributed by atoms with Crippen LogP contribution in [0.2, 0.25) is 10.0 Å². The number of benzene rings is 2. The molecule has 0 saturated carbocycles. The Morgan fingerprint density at radius 3 is 2.39 bits per heavy atom. The summed E-state index contributed by atoms with van der Waals surface area (Å²) in [6, 6.07) is 10.5. The predicted octanol–water partition coefficient (Wildman–Crippen LogP) is 4.58. The summed E-state index contributed by atoms with van der Waals surface area (Å²) in [5.41, 5.74) is 1.52. The monoisotopic (exact) mass is 353 g/mol. The number of hydrogen-bond acceptors (Lipinski definition) is 3. The van der Waals surface area contributed by atoms with Gasteiger partial charge in [-0.3, -0.25) is 4.79 Å². The summed E-state index contributed by atoms with van der Waals surface area (Å²) < 4.78 is 10.3. The van der Waals surface area contributed by atoms with Crippen molar-refractivity contribution >= 4 is 34.8 Å². The lowest BCUT2D eigenvalue weighted by Crippen LogP contribution is -2.13. The molecule has 0 aliphatic carbocycles. The molecule has 2 aromatic rings. The molecule has 2 rings (SSSR count). The third-order valence-electron chi connectivity index (χ3n) is 3.29. The Kier molecular flexibility index (Phi) is 6.13. The fourth-order valence-electron chi connectivity index (χ4n) is 2.11. The van der Waals surface area contributed by atoms with E-state index in [1.54, 1.807) is 37.4 Å². The summed E-state index contributed by atoms with van der Waals surface area (Å²) in [6.45, 7) is 0. The largest absolute Gasteiger partial charge is 0.495 e. The Bertz CT molecular complexity index is 704. The van der Waals surface area contributed by atoms with Crippen molar-refractivity contribution in [1.29, 1.82) is 0 Å². The number of amides is 1. The van der Waals surface area contributed by atoms with Gasteiger partial charge in [-0.1, -0.05) is 29.3 Å². The van der Waals surface area contributed by atoms with Gasteiger partial charge in [-0.25, -0.2) is 0 Å². The molecule has 0 saturated heterocycles. The van der Waals surface area contributed by atoms with Gasteiger partial charge in [-0.2, -0.15) is 0 Å². The average molecular weight is 354 g/mol. The number of anilines is 1. The third kappa shape index (κ3) is 4.78. The van der Waals surface area contributed by atoms with E-state index in [4.69, 9.17) is 32.7 Å². The molecule has 0 fully saturated rings. The van der Waals surface area contributed by atoms with E-state index in [1.807, 2.05) is 6.07 Å². The number of halogens is 2. The maximum absolute atomic E-state index is 12.1. The SMILES string of the molecule is COc1ccc(CCC(=O)Nc2cc(Cl)ccc2OC)cc1Cl. The minimum absolute atomic E-state index is 0.127. The Balaban J connectivity index is 1.98. The highest BCUT2D eigenvalue weighted by Gasteiger charge is 2.09. The molecular formula is C17H17Cl2NO3. The fourth-order valence-corrected chi connectivity index (χ4v) is 2.57. The molecule has 0 aliphatic rings. The van der Waals surface area contributed by atoms with E-state index in [-0.39, 0.29) is 5.91 Å². The van der Waals surface area contributed by atoms with Crippen LogP contribution in [0, 0.1) is 0 Å². The predicted molar refractivity (Wildman–Crippen MR) is 93.0 cm³/mol. The molecule has 0 aromatic heterocycles. The van der Waals surface area contributed by atoms with Gasteiger partial charge in [0.2, 0.25) is 5.91 Å². The van der Waals surface area contributed by atoms with Crippen LogP contribution in [0.4, 0.5) is 5.69 Å². The summed E-state index contributed by atoms with van der Waals surface area (Å²) in [6.07, 6.45) is 0.886. The first-order valence-electron chi connectivity index (χ1n) is 6.99. The number of carbonyl (C=O) groups excluding carboxylic acids is 1. The minimum Gasteiger partial charge on any atom is -0.495 e. The zero-order chi connectivity index (χ0) is 16.8. The van der Waals surface area contributed by atoms with Crippen molar-refractivity contribution in [3.05, 3.63) is 52.0 Å². The number of rotatable bonds is 6. The molecule has 0 bridgehead atoms. The van der Waals surface area contributed by atoms with Gasteiger partial charge in [0, 0.05) is 11.4 Å². The van der Waals surface area contributed by atoms with E-state index >= 15 is 0 Å². The summed E-state index contributed by atoms with van der Waals surface area (Å²) in [5, 5.41) is 3.86. The zero-order valence-electron chi connectivity index (χ0n) is 12.9. The van der Waals surface area contributed by atoms with Crippen LogP contribution in [-0.2, 0) is 11.2 Å². The van der Waals surface area contributed by atoms with E-state index in [9.17, 15) is 4.79 Å². The molecule has 4 nitrogen and oxygen atoms in total. The summed E-state index contributed by atoms with van der Waals surface area (Å²) in [5.74, 6) is 1.05. The third-order valence-corrected chi connectivity index (χ3v) is 3.82. The summed E-state index contributed by atoms with van der Waals surface area (Å²) >= 11 is 12.0. The second-order valence-corrected chi connectivity index (χ2v) is 5.71. The first kappa shape index (κ1) is 17.4. The molecule has 0 unspecified atom stereocenters. The first-order chi connectivity index (χ1) is 11.0. The van der Waals surface area contributed by atoms with Gasteiger partial charge in [0.05, 0.1) is 24.9 Å². The Hall–Kier alpha value is -1.91. The second-order valence-electron chi connectivity index (χ2n) is 4.86. The lowest BCUT2D eigenvalue weighted by Gasteiger charge is -2.11. The minimum atomic E-state index is -0.127. The first-order valence-corrected chi connectivity index (χ1v) is 7.75. The van der Waals surface area contributed by atoms with Gasteiger partial charge in [0.25, 0.3) is 0 Å². The van der Waals surface area contributed by atoms with E-state index in [1.165, 1.54) is 7.11 Å². The Labute approximate surface area is 145 Å². The Morgan fingerprint density at radius 2 is 1.74 bits per heavy atom. The van der Waals surface area contributed by atoms with Crippen LogP contribution < -0.4 is 14.8 Å². The maximum Gasteiger partial charge on any atom is 0.224 e. The molecule has 0 heterocycles. The van der Waals surface area contributed by atoms with Crippen LogP contribution in [0.5, 0.6) is 11.5 Å². The molecule has 0 spiro atoms. The van der Waals surface area contributed by atoms with E-state index < -0.39 is 0 Å². The van der Waals surface area contributed by atoms with Crippen LogP contribution in [0.25, 0.3) is 0 Å². The zero-order valence-corrected chi connectivity index (χ0v) is 14.4. The summed E-state index contributed by atoms with van der Waals surface area (Å²) in [4.78, 5) is 12.1. The molecule has 1 N–H and O–H groups in total. The average Bonchev–Trinajstić information content (AvgIpc) is 2.53. The topological polar surface area (TPSA) is 47.6 Å². The highest BCUT2D eigenvalue weighted by Crippen LogP contribution is 2.28. The smallest absolute Gasteiger partial charge is 0.224 e. The molecule has 6 heteroatoms. The van der Waals surface area contributed by atoms with Gasteiger partial charge in [0.1, 0.15) is 11.5 Å². The number of methoxy groups -OCH3 is 2. The lowest BCUT2D eigenvalue weighted by molar-refractivity contribution is -0.116. The van der Waals surface area contributed by atoms with Crippen molar-refractivity contribution in [3.63, 3.8) is 0 Å². The second kappa shape index (κ2) is 8.09. The van der Waals surface area contributed by atoms with Crippen LogP contribution in [-0.4, -0.2) is 20.1 Å². The highest BCUT2D eigenvalue weighted by molar-refractivity contribution is 6.32. The van der Waals surface area contributed by atoms with E-state index in [2.05, 4.69) is 5.32 Å². The normalized spacial score (nSPS) is 10.3. The standard InChI is InChI=1S/C17H17Cl2NO3/c1-22-15-6-3-11(9-13(15)19)4-8-17(21)20-14-10-12(18)5-7-16(14)23-2/h3,5-7,9-10H,4,8H2,1-2H3,(H,20,21). The maximum atomic E-state index is 12.1. The Morgan fingerprint density at radius 1 is 1.04 bits per heavy atom. The summed E-state index contributed by atoms with van der Waals surface area (Å²) in [7, 11) is 3.10. The lowest BCUT2D eigenvalue weighted by atomic mass is 10.1. The van der Waals surface area contributed by atoms with Gasteiger partial charge in [0.15, 0.2) is 0 Å². The van der Waals surface area contributed by atoms with Gasteiger partial charge >= 0.3 is 0 Å². The number of ether oxygens (including phenoxy) is 2. The van der Waals surface area contributed by atoms with Crippen molar-refractivity contribution in [2.45, 2.75) is 12.8 Å². The van der Waals surface area contributed by atoms with Crippen molar-refractivity contribution in [3.8, 4) is 11.5 Å². The molecular weight excluding hydrogens is 337 g/mol. The van der Waals surface area contributed by atoms with E-state index in [0.29, 0.717) is 40.1 Å². The number of nitrogens with one attached hydrogen (secondary N) is 1. The van der Waals surface area contributed by atoms with Crippen molar-refractivity contribution < 1.29 is 14.3 Å². The molecule has 2 aromatic carbocycles. The van der Waals surface area contributed by atoms with Gasteiger partial charge < -0.3 is 14.8 Å². The van der Waals surface area contributed by atoms with Gasteiger partial charge in [-0.15, -0.1) is 0 Å². The van der Waals surface area contributed by atoms with Crippen LogP contribution in [0.15, 0.2) is 36.4 Å². The molecule has 0 aliphatic heterocycles. The van der Waals surface area contributed by atoms with Gasteiger partial charge in [-0.05, 0) is 42.3 Å². The van der Waals surface area contributed by atoms with Crippen LogP contribution >= 0.6 is 23.2 Å². The molecule has 0 radical (unpaired) electrons. The molecule has 23 heavy (non-hydrogen) atoms. The van der Waals surface area contributed by atoms with E-state index in [0.717, 1.165) is 5.56 Å². The van der Waals surface area contributed by atoms with Crippen LogP contribution in [0.1, 0.15) is 12.0 Å². The number of carbonyl (C=O) groups is 1. The molecule has 1 amide bonds. The van der Waals surface area contributed by atoms with Crippen molar-refractivity contribution in [2.24, 2.45) is 0 Å². The number of hydrogen-bond donors (Lipinski definition) is 1. The molecule has 0 atom stereocenters. The molecule has 122 valence electrons. The highest BCUT2D eigenvalue weighted by atomic mass is 35.5. The number of aryl methyl sites for hydroxylation is 1. The van der Waals surface area contributed by atoms with Crippen molar-refractivity contribution in [2.75, 3.05) is 19.5 Å². The quantitative estimate of drug-likeness (QED) is 0.826. The van der Waals surface area contributed by atoms with Crippen molar-refractivity contribution in [1.82, 2.24) is 0 Å².